The number of hydrogen-bond acceptors (Lipinski definition) is 4. The Kier molecular flexibility index (Phi) is 4.71. The van der Waals surface area contributed by atoms with Crippen LogP contribution in [0.3, 0.4) is 0 Å². The fourth-order valence-electron chi connectivity index (χ4n) is 3.37. The van der Waals surface area contributed by atoms with Gasteiger partial charge in [-0.15, -0.1) is 0 Å². The third-order valence-corrected chi connectivity index (χ3v) is 4.69. The molecule has 3 aromatic carbocycles. The van der Waals surface area contributed by atoms with E-state index in [9.17, 15) is 4.79 Å². The number of ether oxygens (including phenoxy) is 2. The molecular weight excluding hydrogens is 362 g/mol. The molecule has 0 N–H and O–H groups in total. The molecule has 0 bridgehead atoms. The molecule has 0 saturated heterocycles. The van der Waals surface area contributed by atoms with Crippen molar-refractivity contribution >= 4 is 27.6 Å². The molecule has 1 aromatic heterocycles. The van der Waals surface area contributed by atoms with Crippen LogP contribution in [0.5, 0.6) is 5.88 Å². The lowest BCUT2D eigenvalue weighted by Crippen LogP contribution is -2.23. The number of nitrogens with zero attached hydrogens (tertiary/aromatic N) is 1. The van der Waals surface area contributed by atoms with Crippen LogP contribution in [0.25, 0.3) is 32.8 Å². The van der Waals surface area contributed by atoms with E-state index in [4.69, 9.17) is 9.47 Å². The smallest absolute Gasteiger partial charge is 0.338 e. The summed E-state index contributed by atoms with van der Waals surface area (Å²) >= 11 is 0. The summed E-state index contributed by atoms with van der Waals surface area (Å²) in [5.74, 6) is 0.186. The molecule has 0 aliphatic rings. The van der Waals surface area contributed by atoms with Crippen molar-refractivity contribution in [1.29, 1.82) is 0 Å². The number of esters is 1. The third kappa shape index (κ3) is 3.92. The summed E-state index contributed by atoms with van der Waals surface area (Å²) < 4.78 is 10.9. The van der Waals surface area contributed by atoms with Gasteiger partial charge >= 0.3 is 5.97 Å². The molecule has 4 nitrogen and oxygen atoms in total. The minimum Gasteiger partial charge on any atom is -0.481 e. The number of hydrogen-bond donors (Lipinski definition) is 0. The van der Waals surface area contributed by atoms with Crippen LogP contribution in [-0.2, 0) is 4.74 Å². The van der Waals surface area contributed by atoms with Crippen molar-refractivity contribution < 1.29 is 14.3 Å². The van der Waals surface area contributed by atoms with Gasteiger partial charge in [-0.25, -0.2) is 9.78 Å². The Morgan fingerprint density at radius 1 is 0.897 bits per heavy atom. The highest BCUT2D eigenvalue weighted by Gasteiger charge is 2.19. The molecule has 0 atom stereocenters. The van der Waals surface area contributed by atoms with Crippen LogP contribution in [0.15, 0.2) is 66.7 Å². The van der Waals surface area contributed by atoms with Gasteiger partial charge in [0.2, 0.25) is 5.88 Å². The molecule has 0 fully saturated rings. The molecule has 0 saturated carbocycles. The molecule has 29 heavy (non-hydrogen) atoms. The number of rotatable bonds is 3. The molecule has 0 unspecified atom stereocenters. The van der Waals surface area contributed by atoms with E-state index in [-0.39, 0.29) is 5.97 Å². The van der Waals surface area contributed by atoms with E-state index in [2.05, 4.69) is 35.3 Å². The average molecular weight is 385 g/mol. The number of aromatic nitrogens is 1. The van der Waals surface area contributed by atoms with Crippen molar-refractivity contribution in [2.75, 3.05) is 7.11 Å². The Morgan fingerprint density at radius 3 is 2.38 bits per heavy atom. The minimum absolute atomic E-state index is 0.348. The SMILES string of the molecule is COc1cc(-c2ccc3ccccc3c2)c2cc(C(=O)OC(C)(C)C)ccc2n1. The maximum atomic E-state index is 12.6. The van der Waals surface area contributed by atoms with Crippen LogP contribution in [-0.4, -0.2) is 23.7 Å². The molecule has 146 valence electrons. The zero-order chi connectivity index (χ0) is 20.6. The van der Waals surface area contributed by atoms with Gasteiger partial charge in [0.15, 0.2) is 0 Å². The number of pyridine rings is 1. The predicted molar refractivity (Wildman–Crippen MR) is 116 cm³/mol. The minimum atomic E-state index is -0.550. The first kappa shape index (κ1) is 18.9. The Morgan fingerprint density at radius 2 is 1.66 bits per heavy atom. The third-order valence-electron chi connectivity index (χ3n) is 4.69. The molecule has 4 rings (SSSR count). The fraction of sp³-hybridized carbons (Fsp3) is 0.200. The van der Waals surface area contributed by atoms with Gasteiger partial charge in [-0.3, -0.25) is 0 Å². The Balaban J connectivity index is 1.90. The molecule has 0 aliphatic carbocycles. The van der Waals surface area contributed by atoms with Crippen LogP contribution >= 0.6 is 0 Å². The summed E-state index contributed by atoms with van der Waals surface area (Å²) in [6.07, 6.45) is 0. The second-order valence-corrected chi connectivity index (χ2v) is 8.01. The van der Waals surface area contributed by atoms with E-state index in [0.717, 1.165) is 27.4 Å². The van der Waals surface area contributed by atoms with Gasteiger partial charge in [-0.1, -0.05) is 36.4 Å². The van der Waals surface area contributed by atoms with E-state index in [0.29, 0.717) is 11.4 Å². The summed E-state index contributed by atoms with van der Waals surface area (Å²) in [6.45, 7) is 5.58. The van der Waals surface area contributed by atoms with Crippen molar-refractivity contribution in [2.45, 2.75) is 26.4 Å². The first-order chi connectivity index (χ1) is 13.8. The van der Waals surface area contributed by atoms with Crippen LogP contribution in [0.2, 0.25) is 0 Å². The van der Waals surface area contributed by atoms with E-state index in [1.54, 1.807) is 13.2 Å². The monoisotopic (exact) mass is 385 g/mol. The number of fused-ring (bicyclic) bond motifs is 2. The second-order valence-electron chi connectivity index (χ2n) is 8.01. The van der Waals surface area contributed by atoms with Crippen LogP contribution in [0.1, 0.15) is 31.1 Å². The number of carbonyl (C=O) groups excluding carboxylic acids is 1. The molecule has 0 radical (unpaired) electrons. The van der Waals surface area contributed by atoms with Crippen molar-refractivity contribution in [3.8, 4) is 17.0 Å². The lowest BCUT2D eigenvalue weighted by Gasteiger charge is -2.19. The normalized spacial score (nSPS) is 11.6. The molecular formula is C25H23NO3. The highest BCUT2D eigenvalue weighted by Crippen LogP contribution is 2.33. The lowest BCUT2D eigenvalue weighted by atomic mass is 9.97. The molecule has 0 spiro atoms. The van der Waals surface area contributed by atoms with E-state index >= 15 is 0 Å². The van der Waals surface area contributed by atoms with Gasteiger partial charge < -0.3 is 9.47 Å². The number of carbonyl (C=O) groups is 1. The Labute approximate surface area is 170 Å². The largest absolute Gasteiger partial charge is 0.481 e. The highest BCUT2D eigenvalue weighted by atomic mass is 16.6. The number of methoxy groups -OCH3 is 1. The lowest BCUT2D eigenvalue weighted by molar-refractivity contribution is 0.00697. The second kappa shape index (κ2) is 7.21. The summed E-state index contributed by atoms with van der Waals surface area (Å²) in [5.41, 5.74) is 2.71. The quantitative estimate of drug-likeness (QED) is 0.405. The van der Waals surface area contributed by atoms with E-state index < -0.39 is 5.60 Å². The summed E-state index contributed by atoms with van der Waals surface area (Å²) in [5, 5.41) is 3.21. The van der Waals surface area contributed by atoms with Gasteiger partial charge in [0.25, 0.3) is 0 Å². The van der Waals surface area contributed by atoms with Gasteiger partial charge in [0.1, 0.15) is 5.60 Å². The van der Waals surface area contributed by atoms with Crippen molar-refractivity contribution in [3.05, 3.63) is 72.3 Å². The summed E-state index contributed by atoms with van der Waals surface area (Å²) in [4.78, 5) is 17.1. The Hall–Kier alpha value is -3.40. The molecule has 1 heterocycles. The van der Waals surface area contributed by atoms with E-state index in [1.807, 2.05) is 51.1 Å². The van der Waals surface area contributed by atoms with Gasteiger partial charge in [-0.2, -0.15) is 0 Å². The maximum Gasteiger partial charge on any atom is 0.338 e. The maximum absolute atomic E-state index is 12.6. The topological polar surface area (TPSA) is 48.4 Å². The zero-order valence-electron chi connectivity index (χ0n) is 17.0. The van der Waals surface area contributed by atoms with Crippen LogP contribution in [0.4, 0.5) is 0 Å². The van der Waals surface area contributed by atoms with Gasteiger partial charge in [-0.05, 0) is 66.9 Å². The molecule has 4 aromatic rings. The van der Waals surface area contributed by atoms with Gasteiger partial charge in [0.05, 0.1) is 18.2 Å². The summed E-state index contributed by atoms with van der Waals surface area (Å²) in [6, 6.07) is 21.9. The van der Waals surface area contributed by atoms with Crippen LogP contribution in [0, 0.1) is 0 Å². The first-order valence-electron chi connectivity index (χ1n) is 9.55. The van der Waals surface area contributed by atoms with Crippen molar-refractivity contribution in [1.82, 2.24) is 4.98 Å². The molecule has 0 amide bonds. The summed E-state index contributed by atoms with van der Waals surface area (Å²) in [7, 11) is 1.60. The standard InChI is InChI=1S/C25H23NO3/c1-25(2,3)29-24(27)19-11-12-22-21(14-19)20(15-23(26-22)28-4)18-10-9-16-7-5-6-8-17(16)13-18/h5-15H,1-4H3. The van der Waals surface area contributed by atoms with Crippen molar-refractivity contribution in [2.24, 2.45) is 0 Å². The number of benzene rings is 3. The molecule has 0 aliphatic heterocycles. The van der Waals surface area contributed by atoms with Crippen LogP contribution < -0.4 is 4.74 Å². The zero-order valence-corrected chi connectivity index (χ0v) is 17.0. The first-order valence-corrected chi connectivity index (χ1v) is 9.55. The molecule has 4 heteroatoms. The fourth-order valence-corrected chi connectivity index (χ4v) is 3.37. The average Bonchev–Trinajstić information content (AvgIpc) is 2.71. The van der Waals surface area contributed by atoms with Gasteiger partial charge in [0, 0.05) is 11.5 Å². The highest BCUT2D eigenvalue weighted by molar-refractivity contribution is 6.02. The Bertz CT molecular complexity index is 1220. The predicted octanol–water partition coefficient (Wildman–Crippen LogP) is 6.02. The van der Waals surface area contributed by atoms with E-state index in [1.165, 1.54) is 5.39 Å². The van der Waals surface area contributed by atoms with Crippen molar-refractivity contribution in [3.63, 3.8) is 0 Å².